The van der Waals surface area contributed by atoms with Crippen LogP contribution in [0.2, 0.25) is 0 Å². The van der Waals surface area contributed by atoms with Gasteiger partial charge in [-0.15, -0.1) is 0 Å². The number of aromatic nitrogens is 1. The fourth-order valence-electron chi connectivity index (χ4n) is 1.75. The maximum absolute atomic E-state index is 12.4. The molecule has 2 N–H and O–H groups in total. The molecule has 0 saturated heterocycles. The minimum absolute atomic E-state index is 0.00949. The molecule has 1 aromatic rings. The molecular formula is C11H14N4O2S. The lowest BCUT2D eigenvalue weighted by Crippen LogP contribution is -2.34. The summed E-state index contributed by atoms with van der Waals surface area (Å²) >= 11 is 0. The number of hydrogen-bond donors (Lipinski definition) is 1. The number of pyridine rings is 1. The lowest BCUT2D eigenvalue weighted by molar-refractivity contribution is 0.409. The molecule has 0 amide bonds. The number of nitrogens with two attached hydrogens (primary N) is 1. The van der Waals surface area contributed by atoms with E-state index in [-0.39, 0.29) is 29.7 Å². The second-order valence-corrected chi connectivity index (χ2v) is 5.96. The topological polar surface area (TPSA) is 100 Å². The van der Waals surface area contributed by atoms with Crippen molar-refractivity contribution in [1.29, 1.82) is 5.26 Å². The zero-order chi connectivity index (χ0) is 13.2. The van der Waals surface area contributed by atoms with Crippen LogP contribution >= 0.6 is 0 Å². The van der Waals surface area contributed by atoms with Gasteiger partial charge >= 0.3 is 0 Å². The molecular weight excluding hydrogens is 252 g/mol. The van der Waals surface area contributed by atoms with E-state index < -0.39 is 10.0 Å². The molecule has 0 radical (unpaired) electrons. The van der Waals surface area contributed by atoms with Gasteiger partial charge in [-0.05, 0) is 25.0 Å². The van der Waals surface area contributed by atoms with Crippen molar-refractivity contribution in [2.24, 2.45) is 0 Å². The summed E-state index contributed by atoms with van der Waals surface area (Å²) in [5.74, 6) is 0. The van der Waals surface area contributed by atoms with Gasteiger partial charge in [0.05, 0.1) is 11.8 Å². The van der Waals surface area contributed by atoms with Gasteiger partial charge in [0, 0.05) is 25.2 Å². The van der Waals surface area contributed by atoms with Crippen LogP contribution in [0.4, 0.5) is 5.69 Å². The van der Waals surface area contributed by atoms with Gasteiger partial charge in [-0.2, -0.15) is 9.57 Å². The first-order valence-corrected chi connectivity index (χ1v) is 7.10. The first-order chi connectivity index (χ1) is 8.57. The third kappa shape index (κ3) is 2.44. The van der Waals surface area contributed by atoms with E-state index >= 15 is 0 Å². The normalized spacial score (nSPS) is 15.6. The zero-order valence-corrected chi connectivity index (χ0v) is 10.6. The van der Waals surface area contributed by atoms with Crippen LogP contribution in [-0.2, 0) is 10.0 Å². The van der Waals surface area contributed by atoms with Gasteiger partial charge in [0.1, 0.15) is 0 Å². The lowest BCUT2D eigenvalue weighted by atomic mass is 10.4. The molecule has 2 rings (SSSR count). The Balaban J connectivity index is 2.34. The highest BCUT2D eigenvalue weighted by atomic mass is 32.2. The monoisotopic (exact) mass is 266 g/mol. The van der Waals surface area contributed by atoms with E-state index in [0.29, 0.717) is 0 Å². The van der Waals surface area contributed by atoms with Crippen LogP contribution in [-0.4, -0.2) is 30.3 Å². The SMILES string of the molecule is N#CCCN(C1CC1)S(=O)(=O)c1ncccc1N. The van der Waals surface area contributed by atoms with Gasteiger partial charge in [-0.25, -0.2) is 13.4 Å². The molecule has 1 aliphatic carbocycles. The minimum Gasteiger partial charge on any atom is -0.396 e. The number of nitrogens with zero attached hydrogens (tertiary/aromatic N) is 3. The Kier molecular flexibility index (Phi) is 3.50. The maximum Gasteiger partial charge on any atom is 0.262 e. The highest BCUT2D eigenvalue weighted by molar-refractivity contribution is 7.89. The number of sulfonamides is 1. The van der Waals surface area contributed by atoms with Gasteiger partial charge < -0.3 is 5.73 Å². The van der Waals surface area contributed by atoms with Gasteiger partial charge in [0.15, 0.2) is 5.03 Å². The Morgan fingerprint density at radius 1 is 1.56 bits per heavy atom. The Labute approximate surface area is 106 Å². The number of hydrogen-bond acceptors (Lipinski definition) is 5. The number of nitrogen functional groups attached to an aromatic ring is 1. The van der Waals surface area contributed by atoms with Crippen LogP contribution in [0.1, 0.15) is 19.3 Å². The maximum atomic E-state index is 12.4. The Morgan fingerprint density at radius 3 is 2.83 bits per heavy atom. The second kappa shape index (κ2) is 4.92. The predicted octanol–water partition coefficient (Wildman–Crippen LogP) is 0.731. The van der Waals surface area contributed by atoms with Gasteiger partial charge in [-0.3, -0.25) is 0 Å². The van der Waals surface area contributed by atoms with Crippen molar-refractivity contribution in [3.8, 4) is 6.07 Å². The van der Waals surface area contributed by atoms with Gasteiger partial charge in [0.2, 0.25) is 0 Å². The van der Waals surface area contributed by atoms with Crippen molar-refractivity contribution in [3.63, 3.8) is 0 Å². The van der Waals surface area contributed by atoms with Crippen molar-refractivity contribution in [2.45, 2.75) is 30.3 Å². The Bertz CT molecular complexity index is 575. The summed E-state index contributed by atoms with van der Waals surface area (Å²) in [6.45, 7) is 0.194. The van der Waals surface area contributed by atoms with E-state index in [2.05, 4.69) is 4.98 Å². The van der Waals surface area contributed by atoms with Crippen molar-refractivity contribution in [3.05, 3.63) is 18.3 Å². The molecule has 0 unspecified atom stereocenters. The average Bonchev–Trinajstić information content (AvgIpc) is 3.14. The summed E-state index contributed by atoms with van der Waals surface area (Å²) in [5.41, 5.74) is 5.80. The number of rotatable bonds is 5. The molecule has 7 heteroatoms. The predicted molar refractivity (Wildman–Crippen MR) is 65.8 cm³/mol. The Morgan fingerprint density at radius 2 is 2.28 bits per heavy atom. The van der Waals surface area contributed by atoms with Crippen LogP contribution < -0.4 is 5.73 Å². The first-order valence-electron chi connectivity index (χ1n) is 5.66. The molecule has 96 valence electrons. The molecule has 1 aromatic heterocycles. The molecule has 1 heterocycles. The molecule has 18 heavy (non-hydrogen) atoms. The summed E-state index contributed by atoms with van der Waals surface area (Å²) in [6.07, 6.45) is 3.23. The quantitative estimate of drug-likeness (QED) is 0.846. The Hall–Kier alpha value is -1.65. The summed E-state index contributed by atoms with van der Waals surface area (Å²) in [4.78, 5) is 3.85. The zero-order valence-electron chi connectivity index (χ0n) is 9.78. The average molecular weight is 266 g/mol. The van der Waals surface area contributed by atoms with E-state index in [1.165, 1.54) is 16.6 Å². The molecule has 1 fully saturated rings. The summed E-state index contributed by atoms with van der Waals surface area (Å²) in [7, 11) is -3.69. The van der Waals surface area contributed by atoms with Crippen LogP contribution in [0, 0.1) is 11.3 Å². The van der Waals surface area contributed by atoms with Crippen molar-refractivity contribution < 1.29 is 8.42 Å². The van der Waals surface area contributed by atoms with Crippen LogP contribution in [0.5, 0.6) is 0 Å². The fourth-order valence-corrected chi connectivity index (χ4v) is 3.47. The van der Waals surface area contributed by atoms with Crippen molar-refractivity contribution in [2.75, 3.05) is 12.3 Å². The van der Waals surface area contributed by atoms with Gasteiger partial charge in [0.25, 0.3) is 10.0 Å². The first kappa shape index (κ1) is 12.8. The molecule has 0 aliphatic heterocycles. The van der Waals surface area contributed by atoms with Crippen molar-refractivity contribution in [1.82, 2.24) is 9.29 Å². The molecule has 0 aromatic carbocycles. The molecule has 0 bridgehead atoms. The van der Waals surface area contributed by atoms with E-state index in [9.17, 15) is 8.42 Å². The molecule has 6 nitrogen and oxygen atoms in total. The van der Waals surface area contributed by atoms with Crippen LogP contribution in [0.25, 0.3) is 0 Å². The fraction of sp³-hybridized carbons (Fsp3) is 0.455. The van der Waals surface area contributed by atoms with Crippen LogP contribution in [0.3, 0.4) is 0 Å². The lowest BCUT2D eigenvalue weighted by Gasteiger charge is -2.20. The molecule has 1 aliphatic rings. The van der Waals surface area contributed by atoms with Crippen LogP contribution in [0.15, 0.2) is 23.4 Å². The third-order valence-corrected chi connectivity index (χ3v) is 4.68. The third-order valence-electron chi connectivity index (χ3n) is 2.75. The standard InChI is InChI=1S/C11H14N4O2S/c12-6-2-8-15(9-4-5-9)18(16,17)11-10(13)3-1-7-14-11/h1,3,7,9H,2,4-5,8,13H2. The molecule has 0 atom stereocenters. The molecule has 0 spiro atoms. The van der Waals surface area contributed by atoms with E-state index in [1.807, 2.05) is 6.07 Å². The molecule has 1 saturated carbocycles. The van der Waals surface area contributed by atoms with E-state index in [4.69, 9.17) is 11.0 Å². The largest absolute Gasteiger partial charge is 0.396 e. The second-order valence-electron chi connectivity index (χ2n) is 4.15. The number of anilines is 1. The van der Waals surface area contributed by atoms with E-state index in [1.54, 1.807) is 6.07 Å². The smallest absolute Gasteiger partial charge is 0.262 e. The highest BCUT2D eigenvalue weighted by Crippen LogP contribution is 2.32. The van der Waals surface area contributed by atoms with E-state index in [0.717, 1.165) is 12.8 Å². The number of nitriles is 1. The van der Waals surface area contributed by atoms with Crippen molar-refractivity contribution >= 4 is 15.7 Å². The summed E-state index contributed by atoms with van der Waals surface area (Å²) in [5, 5.41) is 8.48. The van der Waals surface area contributed by atoms with Gasteiger partial charge in [-0.1, -0.05) is 0 Å². The minimum atomic E-state index is -3.69. The highest BCUT2D eigenvalue weighted by Gasteiger charge is 2.39. The summed E-state index contributed by atoms with van der Waals surface area (Å²) in [6, 6.07) is 5.05. The summed E-state index contributed by atoms with van der Waals surface area (Å²) < 4.78 is 26.2.